The molecule has 0 aliphatic carbocycles. The van der Waals surface area contributed by atoms with Crippen LogP contribution in [0, 0.1) is 0 Å². The molecule has 118 valence electrons. The number of methoxy groups -OCH3 is 1. The molecule has 6 nitrogen and oxygen atoms in total. The number of ether oxygens (including phenoxy) is 1. The van der Waals surface area contributed by atoms with Gasteiger partial charge in [-0.15, -0.1) is 0 Å². The third-order valence-electron chi connectivity index (χ3n) is 3.09. The fourth-order valence-corrected chi connectivity index (χ4v) is 3.42. The summed E-state index contributed by atoms with van der Waals surface area (Å²) in [6.45, 7) is 2.23. The number of nitrogens with one attached hydrogen (secondary N) is 1. The van der Waals surface area contributed by atoms with Gasteiger partial charge in [-0.2, -0.15) is 0 Å². The lowest BCUT2D eigenvalue weighted by molar-refractivity contribution is 0.0596. The fraction of sp³-hybridized carbons (Fsp3) is 0.500. The van der Waals surface area contributed by atoms with Crippen molar-refractivity contribution < 1.29 is 17.9 Å². The number of hydrogen-bond donors (Lipinski definition) is 2. The summed E-state index contributed by atoms with van der Waals surface area (Å²) < 4.78 is 32.0. The van der Waals surface area contributed by atoms with Crippen molar-refractivity contribution in [1.82, 2.24) is 4.72 Å². The minimum atomic E-state index is -3.82. The number of nitrogens with two attached hydrogens (primary N) is 1. The summed E-state index contributed by atoms with van der Waals surface area (Å²) >= 11 is 0. The third-order valence-corrected chi connectivity index (χ3v) is 4.67. The van der Waals surface area contributed by atoms with E-state index in [1.54, 1.807) is 12.1 Å². The molecule has 7 heteroatoms. The predicted octanol–water partition coefficient (Wildman–Crippen LogP) is 1.27. The summed E-state index contributed by atoms with van der Waals surface area (Å²) in [5.74, 6) is -0.686. The van der Waals surface area contributed by atoms with Crippen molar-refractivity contribution in [3.8, 4) is 0 Å². The zero-order valence-electron chi connectivity index (χ0n) is 12.3. The first-order valence-electron chi connectivity index (χ1n) is 6.86. The van der Waals surface area contributed by atoms with Gasteiger partial charge in [-0.25, -0.2) is 17.9 Å². The average molecular weight is 314 g/mol. The molecular weight excluding hydrogens is 292 g/mol. The van der Waals surface area contributed by atoms with Crippen LogP contribution in [0.5, 0.6) is 0 Å². The van der Waals surface area contributed by atoms with Gasteiger partial charge >= 0.3 is 5.97 Å². The first kappa shape index (κ1) is 17.6. The van der Waals surface area contributed by atoms with E-state index < -0.39 is 16.0 Å². The Balaban J connectivity index is 3.05. The normalized spacial score (nSPS) is 12.9. The molecular formula is C14H22N2O4S. The largest absolute Gasteiger partial charge is 0.465 e. The van der Waals surface area contributed by atoms with Crippen LogP contribution in [0.25, 0.3) is 0 Å². The molecule has 1 rings (SSSR count). The summed E-state index contributed by atoms with van der Waals surface area (Å²) in [5, 5.41) is 0. The van der Waals surface area contributed by atoms with Gasteiger partial charge in [-0.3, -0.25) is 0 Å². The zero-order valence-corrected chi connectivity index (χ0v) is 13.2. The second-order valence-corrected chi connectivity index (χ2v) is 6.37. The molecule has 1 aromatic carbocycles. The molecule has 0 aromatic heterocycles. The molecule has 3 N–H and O–H groups in total. The molecule has 0 heterocycles. The molecule has 0 spiro atoms. The molecule has 0 fully saturated rings. The van der Waals surface area contributed by atoms with Crippen molar-refractivity contribution in [2.24, 2.45) is 5.73 Å². The second-order valence-electron chi connectivity index (χ2n) is 4.68. The number of unbranched alkanes of at least 4 members (excludes halogenated alkanes) is 1. The van der Waals surface area contributed by atoms with Gasteiger partial charge in [0, 0.05) is 12.6 Å². The Bertz CT molecular complexity index is 572. The van der Waals surface area contributed by atoms with E-state index in [0.717, 1.165) is 12.8 Å². The molecule has 0 saturated carbocycles. The van der Waals surface area contributed by atoms with Crippen molar-refractivity contribution >= 4 is 16.0 Å². The molecule has 21 heavy (non-hydrogen) atoms. The maximum absolute atomic E-state index is 12.4. The van der Waals surface area contributed by atoms with E-state index in [4.69, 9.17) is 5.73 Å². The number of sulfonamides is 1. The van der Waals surface area contributed by atoms with Gasteiger partial charge in [0.25, 0.3) is 0 Å². The standard InChI is InChI=1S/C14H22N2O4S/c1-3-4-7-11(10-15)16-21(18,19)13-9-6-5-8-12(13)14(17)20-2/h5-6,8-9,11,16H,3-4,7,10,15H2,1-2H3. The third kappa shape index (κ3) is 4.80. The van der Waals surface area contributed by atoms with E-state index in [1.165, 1.54) is 19.2 Å². The highest BCUT2D eigenvalue weighted by Gasteiger charge is 2.24. The van der Waals surface area contributed by atoms with Crippen molar-refractivity contribution in [3.05, 3.63) is 29.8 Å². The van der Waals surface area contributed by atoms with E-state index in [9.17, 15) is 13.2 Å². The van der Waals surface area contributed by atoms with Crippen LogP contribution >= 0.6 is 0 Å². The zero-order chi connectivity index (χ0) is 15.9. The Morgan fingerprint density at radius 2 is 2.05 bits per heavy atom. The molecule has 1 unspecified atom stereocenters. The minimum Gasteiger partial charge on any atom is -0.465 e. The van der Waals surface area contributed by atoms with Crippen molar-refractivity contribution in [3.63, 3.8) is 0 Å². The highest BCUT2D eigenvalue weighted by atomic mass is 32.2. The SMILES string of the molecule is CCCCC(CN)NS(=O)(=O)c1ccccc1C(=O)OC. The summed E-state index contributed by atoms with van der Waals surface area (Å²) in [4.78, 5) is 11.6. The minimum absolute atomic E-state index is 0.0127. The number of carbonyl (C=O) groups is 1. The Hall–Kier alpha value is -1.44. The maximum atomic E-state index is 12.4. The van der Waals surface area contributed by atoms with Crippen LogP contribution in [-0.4, -0.2) is 34.1 Å². The van der Waals surface area contributed by atoms with Crippen molar-refractivity contribution in [1.29, 1.82) is 0 Å². The van der Waals surface area contributed by atoms with Gasteiger partial charge in [-0.1, -0.05) is 31.9 Å². The first-order valence-corrected chi connectivity index (χ1v) is 8.34. The number of benzene rings is 1. The lowest BCUT2D eigenvalue weighted by Gasteiger charge is -2.17. The molecule has 0 bridgehead atoms. The molecule has 0 saturated heterocycles. The van der Waals surface area contributed by atoms with Crippen LogP contribution in [0.15, 0.2) is 29.2 Å². The average Bonchev–Trinajstić information content (AvgIpc) is 2.50. The molecule has 1 aromatic rings. The molecule has 1 atom stereocenters. The molecule has 0 aliphatic rings. The number of hydrogen-bond acceptors (Lipinski definition) is 5. The van der Waals surface area contributed by atoms with Crippen molar-refractivity contribution in [2.45, 2.75) is 37.1 Å². The van der Waals surface area contributed by atoms with E-state index in [2.05, 4.69) is 9.46 Å². The van der Waals surface area contributed by atoms with E-state index in [0.29, 0.717) is 6.42 Å². The van der Waals surface area contributed by atoms with Gasteiger partial charge < -0.3 is 10.5 Å². The van der Waals surface area contributed by atoms with Gasteiger partial charge in [0.1, 0.15) is 0 Å². The first-order chi connectivity index (χ1) is 9.96. The smallest absolute Gasteiger partial charge is 0.339 e. The van der Waals surface area contributed by atoms with Crippen LogP contribution in [0.1, 0.15) is 36.5 Å². The van der Waals surface area contributed by atoms with Crippen LogP contribution in [0.3, 0.4) is 0 Å². The van der Waals surface area contributed by atoms with Crippen LogP contribution < -0.4 is 10.5 Å². The summed E-state index contributed by atoms with van der Waals surface area (Å²) in [6, 6.07) is 5.60. The molecule has 0 radical (unpaired) electrons. The number of rotatable bonds is 8. The maximum Gasteiger partial charge on any atom is 0.339 e. The number of carbonyl (C=O) groups excluding carboxylic acids is 1. The van der Waals surface area contributed by atoms with Gasteiger partial charge in [0.2, 0.25) is 10.0 Å². The fourth-order valence-electron chi connectivity index (χ4n) is 1.94. The lowest BCUT2D eigenvalue weighted by Crippen LogP contribution is -2.40. The monoisotopic (exact) mass is 314 g/mol. The quantitative estimate of drug-likeness (QED) is 0.704. The van der Waals surface area contributed by atoms with Crippen LogP contribution in [0.2, 0.25) is 0 Å². The van der Waals surface area contributed by atoms with Crippen LogP contribution in [-0.2, 0) is 14.8 Å². The topological polar surface area (TPSA) is 98.5 Å². The Kier molecular flexibility index (Phi) is 6.80. The Morgan fingerprint density at radius 3 is 2.62 bits per heavy atom. The van der Waals surface area contributed by atoms with E-state index in [1.807, 2.05) is 6.92 Å². The summed E-state index contributed by atoms with van der Waals surface area (Å²) in [5.41, 5.74) is 5.62. The highest BCUT2D eigenvalue weighted by Crippen LogP contribution is 2.17. The van der Waals surface area contributed by atoms with E-state index in [-0.39, 0.29) is 23.0 Å². The molecule has 0 aliphatic heterocycles. The van der Waals surface area contributed by atoms with Crippen LogP contribution in [0.4, 0.5) is 0 Å². The Morgan fingerprint density at radius 1 is 1.38 bits per heavy atom. The highest BCUT2D eigenvalue weighted by molar-refractivity contribution is 7.89. The van der Waals surface area contributed by atoms with Gasteiger partial charge in [-0.05, 0) is 18.6 Å². The van der Waals surface area contributed by atoms with Gasteiger partial charge in [0.05, 0.1) is 17.6 Å². The second kappa shape index (κ2) is 8.11. The summed E-state index contributed by atoms with van der Waals surface area (Å²) in [7, 11) is -2.61. The van der Waals surface area contributed by atoms with E-state index >= 15 is 0 Å². The number of esters is 1. The Labute approximate surface area is 125 Å². The van der Waals surface area contributed by atoms with Gasteiger partial charge in [0.15, 0.2) is 0 Å². The molecule has 0 amide bonds. The van der Waals surface area contributed by atoms with Crippen molar-refractivity contribution in [2.75, 3.05) is 13.7 Å². The predicted molar refractivity (Wildman–Crippen MR) is 80.5 cm³/mol. The lowest BCUT2D eigenvalue weighted by atomic mass is 10.1. The summed E-state index contributed by atoms with van der Waals surface area (Å²) in [6.07, 6.45) is 2.49.